The fourth-order valence-corrected chi connectivity index (χ4v) is 2.49. The fraction of sp³-hybridized carbons (Fsp3) is 0.455. The number of hydrogen-bond acceptors (Lipinski definition) is 2. The van der Waals surface area contributed by atoms with Gasteiger partial charge in [-0.05, 0) is 12.1 Å². The van der Waals surface area contributed by atoms with Crippen LogP contribution < -0.4 is 10.1 Å². The lowest BCUT2D eigenvalue weighted by atomic mass is 10.3. The largest absolute Gasteiger partial charge is 0.489 e. The number of rotatable bonds is 5. The van der Waals surface area contributed by atoms with Crippen LogP contribution in [0.4, 0.5) is 0 Å². The van der Waals surface area contributed by atoms with E-state index < -0.39 is 0 Å². The molecule has 0 aliphatic rings. The summed E-state index contributed by atoms with van der Waals surface area (Å²) in [5.41, 5.74) is 0. The molecule has 0 aromatic heterocycles. The van der Waals surface area contributed by atoms with Crippen LogP contribution in [0.3, 0.4) is 0 Å². The van der Waals surface area contributed by atoms with Crippen molar-refractivity contribution in [2.75, 3.05) is 13.2 Å². The Hall–Kier alpha value is 0.0400. The molecule has 0 unspecified atom stereocenters. The lowest BCUT2D eigenvalue weighted by Crippen LogP contribution is -2.27. The van der Waals surface area contributed by atoms with Crippen LogP contribution in [0.25, 0.3) is 0 Å². The second kappa shape index (κ2) is 6.70. The summed E-state index contributed by atoms with van der Waals surface area (Å²) in [5.74, 6) is 0.539. The molecule has 0 spiro atoms. The summed E-state index contributed by atoms with van der Waals surface area (Å²) in [5, 5.41) is 4.28. The van der Waals surface area contributed by atoms with Crippen molar-refractivity contribution in [1.29, 1.82) is 0 Å². The molecule has 0 fully saturated rings. The van der Waals surface area contributed by atoms with Crippen LogP contribution >= 0.6 is 39.1 Å². The van der Waals surface area contributed by atoms with Crippen LogP contribution in [0.15, 0.2) is 16.6 Å². The van der Waals surface area contributed by atoms with Crippen LogP contribution in [0.5, 0.6) is 5.75 Å². The van der Waals surface area contributed by atoms with Crippen LogP contribution in [0, 0.1) is 0 Å². The normalized spacial score (nSPS) is 10.9. The number of nitrogens with one attached hydrogen (secondary N) is 1. The average molecular weight is 327 g/mol. The minimum absolute atomic E-state index is 0.444. The van der Waals surface area contributed by atoms with E-state index in [0.29, 0.717) is 28.4 Å². The second-order valence-corrected chi connectivity index (χ2v) is 5.39. The summed E-state index contributed by atoms with van der Waals surface area (Å²) >= 11 is 15.3. The Bertz CT molecular complexity index is 335. The number of hydrogen-bond donors (Lipinski definition) is 1. The first-order valence-corrected chi connectivity index (χ1v) is 6.56. The monoisotopic (exact) mass is 325 g/mol. The molecule has 5 heteroatoms. The summed E-state index contributed by atoms with van der Waals surface area (Å²) in [6.45, 7) is 5.47. The lowest BCUT2D eigenvalue weighted by molar-refractivity contribution is 0.309. The standard InChI is InChI=1S/C11H14BrCl2NO/c1-7(2)15-3-4-16-11-9(13)5-8(12)6-10(11)14/h5-7,15H,3-4H2,1-2H3. The van der Waals surface area contributed by atoms with Crippen molar-refractivity contribution in [3.05, 3.63) is 26.7 Å². The number of ether oxygens (including phenoxy) is 1. The van der Waals surface area contributed by atoms with Gasteiger partial charge < -0.3 is 10.1 Å². The average Bonchev–Trinajstić information content (AvgIpc) is 2.14. The zero-order chi connectivity index (χ0) is 12.1. The van der Waals surface area contributed by atoms with Gasteiger partial charge in [0.25, 0.3) is 0 Å². The Labute approximate surface area is 114 Å². The van der Waals surface area contributed by atoms with E-state index in [0.717, 1.165) is 11.0 Å². The van der Waals surface area contributed by atoms with E-state index in [9.17, 15) is 0 Å². The third-order valence-electron chi connectivity index (χ3n) is 1.86. The molecule has 0 aliphatic carbocycles. The van der Waals surface area contributed by atoms with Gasteiger partial charge in [-0.2, -0.15) is 0 Å². The van der Waals surface area contributed by atoms with Crippen molar-refractivity contribution in [2.24, 2.45) is 0 Å². The van der Waals surface area contributed by atoms with Gasteiger partial charge in [-0.25, -0.2) is 0 Å². The van der Waals surface area contributed by atoms with E-state index in [1.165, 1.54) is 0 Å². The third-order valence-corrected chi connectivity index (χ3v) is 2.88. The van der Waals surface area contributed by atoms with E-state index in [-0.39, 0.29) is 0 Å². The first-order chi connectivity index (χ1) is 7.50. The first-order valence-electron chi connectivity index (χ1n) is 5.01. The molecular weight excluding hydrogens is 313 g/mol. The van der Waals surface area contributed by atoms with Gasteiger partial charge in [-0.1, -0.05) is 53.0 Å². The van der Waals surface area contributed by atoms with Gasteiger partial charge in [0.2, 0.25) is 0 Å². The molecule has 0 heterocycles. The van der Waals surface area contributed by atoms with Crippen molar-refractivity contribution < 1.29 is 4.74 Å². The number of halogens is 3. The highest BCUT2D eigenvalue weighted by Crippen LogP contribution is 2.35. The smallest absolute Gasteiger partial charge is 0.156 e. The highest BCUT2D eigenvalue weighted by atomic mass is 79.9. The van der Waals surface area contributed by atoms with Crippen LogP contribution in [0.1, 0.15) is 13.8 Å². The molecular formula is C11H14BrCl2NO. The third kappa shape index (κ3) is 4.50. The zero-order valence-electron chi connectivity index (χ0n) is 9.19. The molecule has 0 saturated carbocycles. The summed E-state index contributed by atoms with van der Waals surface area (Å²) in [6, 6.07) is 3.97. The fourth-order valence-electron chi connectivity index (χ4n) is 1.17. The molecule has 0 bridgehead atoms. The maximum atomic E-state index is 6.02. The molecule has 1 aromatic rings. The van der Waals surface area contributed by atoms with E-state index in [4.69, 9.17) is 27.9 Å². The highest BCUT2D eigenvalue weighted by Gasteiger charge is 2.08. The maximum Gasteiger partial charge on any atom is 0.156 e. The van der Waals surface area contributed by atoms with Gasteiger partial charge in [0.05, 0.1) is 10.0 Å². The van der Waals surface area contributed by atoms with E-state index in [2.05, 4.69) is 35.1 Å². The lowest BCUT2D eigenvalue weighted by Gasteiger charge is -2.12. The molecule has 90 valence electrons. The second-order valence-electron chi connectivity index (χ2n) is 3.66. The van der Waals surface area contributed by atoms with Crippen molar-refractivity contribution in [3.63, 3.8) is 0 Å². The Morgan fingerprint density at radius 3 is 2.38 bits per heavy atom. The molecule has 1 N–H and O–H groups in total. The van der Waals surface area contributed by atoms with E-state index in [1.54, 1.807) is 12.1 Å². The molecule has 0 aliphatic heterocycles. The van der Waals surface area contributed by atoms with Crippen molar-refractivity contribution in [1.82, 2.24) is 5.32 Å². The number of benzene rings is 1. The Morgan fingerprint density at radius 2 is 1.88 bits per heavy atom. The highest BCUT2D eigenvalue weighted by molar-refractivity contribution is 9.10. The van der Waals surface area contributed by atoms with Crippen molar-refractivity contribution in [3.8, 4) is 5.75 Å². The first kappa shape index (κ1) is 14.1. The molecule has 0 atom stereocenters. The Balaban J connectivity index is 2.54. The zero-order valence-corrected chi connectivity index (χ0v) is 12.3. The summed E-state index contributed by atoms with van der Waals surface area (Å²) in [7, 11) is 0. The van der Waals surface area contributed by atoms with Crippen LogP contribution in [0.2, 0.25) is 10.0 Å². The van der Waals surface area contributed by atoms with Gasteiger partial charge >= 0.3 is 0 Å². The summed E-state index contributed by atoms with van der Waals surface area (Å²) in [6.07, 6.45) is 0. The van der Waals surface area contributed by atoms with Gasteiger partial charge in [-0.3, -0.25) is 0 Å². The predicted octanol–water partition coefficient (Wildman–Crippen LogP) is 4.13. The molecule has 16 heavy (non-hydrogen) atoms. The minimum Gasteiger partial charge on any atom is -0.489 e. The topological polar surface area (TPSA) is 21.3 Å². The molecule has 2 nitrogen and oxygen atoms in total. The SMILES string of the molecule is CC(C)NCCOc1c(Cl)cc(Br)cc1Cl. The Kier molecular flexibility index (Phi) is 5.90. The maximum absolute atomic E-state index is 6.02. The quantitative estimate of drug-likeness (QED) is 0.821. The molecule has 0 radical (unpaired) electrons. The molecule has 1 aromatic carbocycles. The van der Waals surface area contributed by atoms with Crippen LogP contribution in [-0.4, -0.2) is 19.2 Å². The minimum atomic E-state index is 0.444. The van der Waals surface area contributed by atoms with Crippen LogP contribution in [-0.2, 0) is 0 Å². The molecule has 1 rings (SSSR count). The van der Waals surface area contributed by atoms with Gasteiger partial charge in [0.1, 0.15) is 6.61 Å². The van der Waals surface area contributed by atoms with Gasteiger partial charge in [0.15, 0.2) is 5.75 Å². The summed E-state index contributed by atoms with van der Waals surface area (Å²) in [4.78, 5) is 0. The van der Waals surface area contributed by atoms with E-state index >= 15 is 0 Å². The Morgan fingerprint density at radius 1 is 1.31 bits per heavy atom. The summed E-state index contributed by atoms with van der Waals surface area (Å²) < 4.78 is 6.37. The predicted molar refractivity (Wildman–Crippen MR) is 72.8 cm³/mol. The van der Waals surface area contributed by atoms with Gasteiger partial charge in [-0.15, -0.1) is 0 Å². The molecule has 0 amide bonds. The van der Waals surface area contributed by atoms with Crippen molar-refractivity contribution >= 4 is 39.1 Å². The van der Waals surface area contributed by atoms with Gasteiger partial charge in [0, 0.05) is 17.1 Å². The van der Waals surface area contributed by atoms with E-state index in [1.807, 2.05) is 0 Å². The van der Waals surface area contributed by atoms with Crippen molar-refractivity contribution in [2.45, 2.75) is 19.9 Å². The molecule has 0 saturated heterocycles.